The van der Waals surface area contributed by atoms with Crippen LogP contribution in [0.5, 0.6) is 5.88 Å². The highest BCUT2D eigenvalue weighted by molar-refractivity contribution is 5.81. The van der Waals surface area contributed by atoms with Gasteiger partial charge < -0.3 is 9.47 Å². The van der Waals surface area contributed by atoms with Crippen molar-refractivity contribution in [2.45, 2.75) is 13.3 Å². The van der Waals surface area contributed by atoms with Crippen LogP contribution in [-0.2, 0) is 16.0 Å². The van der Waals surface area contributed by atoms with Gasteiger partial charge in [0.05, 0.1) is 19.2 Å². The summed E-state index contributed by atoms with van der Waals surface area (Å²) in [6.07, 6.45) is 0.244. The van der Waals surface area contributed by atoms with Gasteiger partial charge in [0.25, 0.3) is 0 Å². The van der Waals surface area contributed by atoms with E-state index in [4.69, 9.17) is 9.47 Å². The molecule has 1 rings (SSSR count). The number of nitrogens with zero attached hydrogens (tertiary/aromatic N) is 2. The molecule has 0 aliphatic rings. The molecule has 0 N–H and O–H groups in total. The minimum Gasteiger partial charge on any atom is -0.481 e. The molecule has 0 aliphatic heterocycles. The number of aryl methyl sites for hydroxylation is 1. The van der Waals surface area contributed by atoms with Crippen LogP contribution < -0.4 is 4.74 Å². The molecule has 82 valence electrons. The molecule has 0 unspecified atom stereocenters. The molecule has 0 atom stereocenters. The third-order valence-corrected chi connectivity index (χ3v) is 1.76. The van der Waals surface area contributed by atoms with E-state index in [-0.39, 0.29) is 18.8 Å². The summed E-state index contributed by atoms with van der Waals surface area (Å²) in [5.74, 6) is 1.05. The quantitative estimate of drug-likeness (QED) is 0.710. The van der Waals surface area contributed by atoms with Crippen LogP contribution in [0.3, 0.4) is 0 Å². The second-order valence-corrected chi connectivity index (χ2v) is 3.10. The molecule has 5 nitrogen and oxygen atoms in total. The first-order chi connectivity index (χ1) is 7.15. The third kappa shape index (κ3) is 3.63. The molecule has 0 bridgehead atoms. The summed E-state index contributed by atoms with van der Waals surface area (Å²) in [6, 6.07) is 1.65. The fourth-order valence-electron chi connectivity index (χ4n) is 1.21. The average Bonchev–Trinajstić information content (AvgIpc) is 2.17. The number of rotatable bonds is 5. The van der Waals surface area contributed by atoms with Gasteiger partial charge in [-0.05, 0) is 6.92 Å². The molecule has 5 heteroatoms. The van der Waals surface area contributed by atoms with E-state index in [1.165, 1.54) is 14.2 Å². The molecule has 0 aromatic carbocycles. The van der Waals surface area contributed by atoms with Crippen molar-refractivity contribution in [2.75, 3.05) is 20.8 Å². The van der Waals surface area contributed by atoms with Crippen LogP contribution in [0, 0.1) is 6.92 Å². The van der Waals surface area contributed by atoms with Gasteiger partial charge in [0.2, 0.25) is 5.88 Å². The number of carbonyl (C=O) groups is 1. The standard InChI is InChI=1S/C10H14N2O3/c1-7-11-8(4-9(13)6-14-2)5-10(12-7)15-3/h5H,4,6H2,1-3H3. The van der Waals surface area contributed by atoms with Gasteiger partial charge in [-0.3, -0.25) is 4.79 Å². The first-order valence-corrected chi connectivity index (χ1v) is 4.55. The Morgan fingerprint density at radius 1 is 1.40 bits per heavy atom. The van der Waals surface area contributed by atoms with E-state index in [1.807, 2.05) is 0 Å². The van der Waals surface area contributed by atoms with Gasteiger partial charge >= 0.3 is 0 Å². The lowest BCUT2D eigenvalue weighted by Crippen LogP contribution is -2.11. The summed E-state index contributed by atoms with van der Waals surface area (Å²) in [7, 11) is 3.02. The second-order valence-electron chi connectivity index (χ2n) is 3.10. The molecule has 0 aliphatic carbocycles. The molecular formula is C10H14N2O3. The number of carbonyl (C=O) groups excluding carboxylic acids is 1. The van der Waals surface area contributed by atoms with Crippen LogP contribution in [0.15, 0.2) is 6.07 Å². The maximum Gasteiger partial charge on any atom is 0.216 e. The smallest absolute Gasteiger partial charge is 0.216 e. The lowest BCUT2D eigenvalue weighted by Gasteiger charge is -2.04. The van der Waals surface area contributed by atoms with E-state index >= 15 is 0 Å². The lowest BCUT2D eigenvalue weighted by molar-refractivity contribution is -0.122. The highest BCUT2D eigenvalue weighted by Gasteiger charge is 2.07. The Kier molecular flexibility index (Phi) is 4.17. The molecular weight excluding hydrogens is 196 g/mol. The topological polar surface area (TPSA) is 61.3 Å². The molecule has 0 amide bonds. The zero-order valence-electron chi connectivity index (χ0n) is 9.11. The predicted octanol–water partition coefficient (Wildman–Crippen LogP) is 0.552. The highest BCUT2D eigenvalue weighted by atomic mass is 16.5. The van der Waals surface area contributed by atoms with Gasteiger partial charge in [0.15, 0.2) is 5.78 Å². The van der Waals surface area contributed by atoms with Crippen LogP contribution in [0.1, 0.15) is 11.5 Å². The molecule has 0 saturated carbocycles. The van der Waals surface area contributed by atoms with Crippen LogP contribution in [0.25, 0.3) is 0 Å². The zero-order chi connectivity index (χ0) is 11.3. The molecule has 0 saturated heterocycles. The van der Waals surface area contributed by atoms with Crippen LogP contribution in [0.2, 0.25) is 0 Å². The van der Waals surface area contributed by atoms with Gasteiger partial charge in [-0.2, -0.15) is 4.98 Å². The third-order valence-electron chi connectivity index (χ3n) is 1.76. The minimum atomic E-state index is -0.0161. The number of aromatic nitrogens is 2. The fraction of sp³-hybridized carbons (Fsp3) is 0.500. The number of hydrogen-bond acceptors (Lipinski definition) is 5. The van der Waals surface area contributed by atoms with Crippen LogP contribution in [-0.4, -0.2) is 36.6 Å². The Morgan fingerprint density at radius 2 is 2.13 bits per heavy atom. The molecule has 0 fully saturated rings. The molecule has 15 heavy (non-hydrogen) atoms. The van der Waals surface area contributed by atoms with Crippen molar-refractivity contribution in [3.05, 3.63) is 17.6 Å². The summed E-state index contributed by atoms with van der Waals surface area (Å²) in [5.41, 5.74) is 0.654. The first kappa shape index (κ1) is 11.6. The number of methoxy groups -OCH3 is 2. The molecule has 1 aromatic rings. The molecule has 1 heterocycles. The minimum absolute atomic E-state index is 0.0161. The van der Waals surface area contributed by atoms with E-state index < -0.39 is 0 Å². The van der Waals surface area contributed by atoms with Crippen molar-refractivity contribution in [1.29, 1.82) is 0 Å². The number of ether oxygens (including phenoxy) is 2. The number of Topliss-reactive ketones (excluding diaryl/α,β-unsaturated/α-hetero) is 1. The first-order valence-electron chi connectivity index (χ1n) is 4.55. The van der Waals surface area contributed by atoms with E-state index in [1.54, 1.807) is 13.0 Å². The predicted molar refractivity (Wildman–Crippen MR) is 53.9 cm³/mol. The second kappa shape index (κ2) is 5.41. The molecule has 0 radical (unpaired) electrons. The van der Waals surface area contributed by atoms with Gasteiger partial charge in [0, 0.05) is 13.2 Å². The normalized spacial score (nSPS) is 10.1. The van der Waals surface area contributed by atoms with Crippen molar-refractivity contribution in [1.82, 2.24) is 9.97 Å². The molecule has 0 spiro atoms. The zero-order valence-corrected chi connectivity index (χ0v) is 9.11. The van der Waals surface area contributed by atoms with Crippen molar-refractivity contribution < 1.29 is 14.3 Å². The summed E-state index contributed by atoms with van der Waals surface area (Å²) in [6.45, 7) is 1.86. The maximum absolute atomic E-state index is 11.3. The van der Waals surface area contributed by atoms with Crippen molar-refractivity contribution in [3.63, 3.8) is 0 Å². The number of ketones is 1. The largest absolute Gasteiger partial charge is 0.481 e. The highest BCUT2D eigenvalue weighted by Crippen LogP contribution is 2.09. The Morgan fingerprint density at radius 3 is 2.73 bits per heavy atom. The fourth-order valence-corrected chi connectivity index (χ4v) is 1.21. The van der Waals surface area contributed by atoms with Gasteiger partial charge in [-0.1, -0.05) is 0 Å². The Bertz CT molecular complexity index is 353. The molecule has 1 aromatic heterocycles. The number of hydrogen-bond donors (Lipinski definition) is 0. The van der Waals surface area contributed by atoms with E-state index in [0.717, 1.165) is 0 Å². The van der Waals surface area contributed by atoms with Gasteiger partial charge in [-0.25, -0.2) is 4.98 Å². The maximum atomic E-state index is 11.3. The Labute approximate surface area is 88.4 Å². The van der Waals surface area contributed by atoms with E-state index in [2.05, 4.69) is 9.97 Å². The Hall–Kier alpha value is -1.49. The van der Waals surface area contributed by atoms with Gasteiger partial charge in [0.1, 0.15) is 12.4 Å². The van der Waals surface area contributed by atoms with Crippen molar-refractivity contribution in [2.24, 2.45) is 0 Å². The monoisotopic (exact) mass is 210 g/mol. The SMILES string of the molecule is COCC(=O)Cc1cc(OC)nc(C)n1. The van der Waals surface area contributed by atoms with Crippen LogP contribution in [0.4, 0.5) is 0 Å². The Balaban J connectivity index is 2.76. The summed E-state index contributed by atoms with van der Waals surface area (Å²) < 4.78 is 9.72. The van der Waals surface area contributed by atoms with Gasteiger partial charge in [-0.15, -0.1) is 0 Å². The summed E-state index contributed by atoms with van der Waals surface area (Å²) >= 11 is 0. The van der Waals surface area contributed by atoms with E-state index in [0.29, 0.717) is 17.4 Å². The van der Waals surface area contributed by atoms with Crippen molar-refractivity contribution >= 4 is 5.78 Å². The summed E-state index contributed by atoms with van der Waals surface area (Å²) in [5, 5.41) is 0. The van der Waals surface area contributed by atoms with E-state index in [9.17, 15) is 4.79 Å². The van der Waals surface area contributed by atoms with Crippen LogP contribution >= 0.6 is 0 Å². The lowest BCUT2D eigenvalue weighted by atomic mass is 10.2. The average molecular weight is 210 g/mol. The summed E-state index contributed by atoms with van der Waals surface area (Å²) in [4.78, 5) is 19.5. The van der Waals surface area contributed by atoms with Crippen molar-refractivity contribution in [3.8, 4) is 5.88 Å².